The number of hydrogen-bond donors (Lipinski definition) is 1. The Morgan fingerprint density at radius 3 is 3.00 bits per heavy atom. The number of nitrogens with one attached hydrogen (secondary N) is 1. The Hall–Kier alpha value is -1.40. The van der Waals surface area contributed by atoms with Crippen LogP contribution in [0.5, 0.6) is 0 Å². The van der Waals surface area contributed by atoms with Crippen LogP contribution in [-0.4, -0.2) is 42.5 Å². The van der Waals surface area contributed by atoms with Crippen LogP contribution >= 0.6 is 11.3 Å². The predicted molar refractivity (Wildman–Crippen MR) is 77.5 cm³/mol. The first-order valence-corrected chi connectivity index (χ1v) is 7.63. The number of carbonyl (C=O) groups is 2. The highest BCUT2D eigenvalue weighted by Gasteiger charge is 2.27. The fourth-order valence-corrected chi connectivity index (χ4v) is 3.13. The second-order valence-corrected chi connectivity index (χ2v) is 5.96. The van der Waals surface area contributed by atoms with Gasteiger partial charge in [0.05, 0.1) is 31.7 Å². The molecule has 1 aromatic heterocycles. The molecule has 1 saturated heterocycles. The Bertz CT molecular complexity index is 461. The molecule has 2 atom stereocenters. The van der Waals surface area contributed by atoms with Gasteiger partial charge in [-0.1, -0.05) is 6.07 Å². The van der Waals surface area contributed by atoms with Crippen LogP contribution in [0.25, 0.3) is 0 Å². The van der Waals surface area contributed by atoms with Crippen molar-refractivity contribution in [2.45, 2.75) is 32.4 Å². The van der Waals surface area contributed by atoms with Crippen molar-refractivity contribution in [3.05, 3.63) is 22.4 Å². The van der Waals surface area contributed by atoms with Crippen molar-refractivity contribution in [3.8, 4) is 0 Å². The average molecular weight is 296 g/mol. The summed E-state index contributed by atoms with van der Waals surface area (Å²) in [7, 11) is 0. The third-order valence-electron chi connectivity index (χ3n) is 3.33. The van der Waals surface area contributed by atoms with Gasteiger partial charge in [0.1, 0.15) is 0 Å². The fourth-order valence-electron chi connectivity index (χ4n) is 2.35. The predicted octanol–water partition coefficient (Wildman–Crippen LogP) is 1.56. The van der Waals surface area contributed by atoms with E-state index in [2.05, 4.69) is 5.32 Å². The van der Waals surface area contributed by atoms with Crippen molar-refractivity contribution in [1.82, 2.24) is 10.2 Å². The van der Waals surface area contributed by atoms with Gasteiger partial charge in [-0.25, -0.2) is 0 Å². The molecule has 2 heterocycles. The van der Waals surface area contributed by atoms with Crippen LogP contribution in [0.1, 0.15) is 31.2 Å². The van der Waals surface area contributed by atoms with Gasteiger partial charge in [-0.3, -0.25) is 9.59 Å². The number of rotatable bonds is 4. The summed E-state index contributed by atoms with van der Waals surface area (Å²) in [6, 6.07) is 3.73. The Morgan fingerprint density at radius 2 is 2.40 bits per heavy atom. The Kier molecular flexibility index (Phi) is 5.14. The van der Waals surface area contributed by atoms with Crippen LogP contribution in [-0.2, 0) is 14.3 Å². The zero-order chi connectivity index (χ0) is 14.5. The minimum Gasteiger partial charge on any atom is -0.377 e. The molecule has 0 saturated carbocycles. The van der Waals surface area contributed by atoms with E-state index in [9.17, 15) is 9.59 Å². The molecule has 20 heavy (non-hydrogen) atoms. The first-order valence-electron chi connectivity index (χ1n) is 6.75. The molecule has 2 unspecified atom stereocenters. The summed E-state index contributed by atoms with van der Waals surface area (Å²) >= 11 is 1.55. The molecule has 0 radical (unpaired) electrons. The summed E-state index contributed by atoms with van der Waals surface area (Å²) in [5.74, 6) is -0.0563. The summed E-state index contributed by atoms with van der Waals surface area (Å²) in [5, 5.41) is 4.81. The zero-order valence-corrected chi connectivity index (χ0v) is 12.6. The smallest absolute Gasteiger partial charge is 0.225 e. The van der Waals surface area contributed by atoms with E-state index in [1.165, 1.54) is 6.92 Å². The number of morpholine rings is 1. The van der Waals surface area contributed by atoms with Gasteiger partial charge in [0.2, 0.25) is 11.8 Å². The lowest BCUT2D eigenvalue weighted by atomic mass is 10.1. The van der Waals surface area contributed by atoms with Gasteiger partial charge in [-0.15, -0.1) is 11.3 Å². The third-order valence-corrected chi connectivity index (χ3v) is 4.32. The lowest BCUT2D eigenvalue weighted by Crippen LogP contribution is -2.48. The number of amides is 2. The van der Waals surface area contributed by atoms with Crippen molar-refractivity contribution >= 4 is 23.2 Å². The van der Waals surface area contributed by atoms with E-state index in [-0.39, 0.29) is 23.9 Å². The van der Waals surface area contributed by atoms with Crippen LogP contribution in [0.4, 0.5) is 0 Å². The zero-order valence-electron chi connectivity index (χ0n) is 11.8. The lowest BCUT2D eigenvalue weighted by Gasteiger charge is -2.34. The van der Waals surface area contributed by atoms with E-state index in [0.717, 1.165) is 4.88 Å². The van der Waals surface area contributed by atoms with Gasteiger partial charge in [0, 0.05) is 18.3 Å². The molecule has 1 aliphatic heterocycles. The Balaban J connectivity index is 2.03. The topological polar surface area (TPSA) is 58.6 Å². The minimum absolute atomic E-state index is 0.0629. The summed E-state index contributed by atoms with van der Waals surface area (Å²) < 4.78 is 5.34. The standard InChI is InChI=1S/C14H20N2O3S/c1-10-9-19-6-5-16(10)14(18)8-12(15-11(2)17)13-4-3-7-20-13/h3-4,7,10,12H,5-6,8-9H2,1-2H3,(H,15,17). The molecule has 1 N–H and O–H groups in total. The molecule has 0 bridgehead atoms. The molecule has 0 spiro atoms. The van der Waals surface area contributed by atoms with Crippen molar-refractivity contribution in [3.63, 3.8) is 0 Å². The van der Waals surface area contributed by atoms with E-state index in [0.29, 0.717) is 26.2 Å². The maximum absolute atomic E-state index is 12.4. The number of thiophene rings is 1. The van der Waals surface area contributed by atoms with Gasteiger partial charge in [0.25, 0.3) is 0 Å². The summed E-state index contributed by atoms with van der Waals surface area (Å²) in [4.78, 5) is 26.6. The molecule has 110 valence electrons. The summed E-state index contributed by atoms with van der Waals surface area (Å²) in [5.41, 5.74) is 0. The van der Waals surface area contributed by atoms with Gasteiger partial charge < -0.3 is 15.0 Å². The van der Waals surface area contributed by atoms with Gasteiger partial charge in [-0.2, -0.15) is 0 Å². The van der Waals surface area contributed by atoms with Crippen LogP contribution in [0, 0.1) is 0 Å². The average Bonchev–Trinajstić information content (AvgIpc) is 2.91. The lowest BCUT2D eigenvalue weighted by molar-refractivity contribution is -0.139. The van der Waals surface area contributed by atoms with E-state index in [1.807, 2.05) is 29.3 Å². The van der Waals surface area contributed by atoms with Gasteiger partial charge >= 0.3 is 0 Å². The number of carbonyl (C=O) groups excluding carboxylic acids is 2. The van der Waals surface area contributed by atoms with Crippen molar-refractivity contribution in [2.75, 3.05) is 19.8 Å². The van der Waals surface area contributed by atoms with Gasteiger partial charge in [0.15, 0.2) is 0 Å². The molecule has 0 aliphatic carbocycles. The monoisotopic (exact) mass is 296 g/mol. The normalized spacial score (nSPS) is 20.5. The van der Waals surface area contributed by atoms with Crippen LogP contribution < -0.4 is 5.32 Å². The highest BCUT2D eigenvalue weighted by Crippen LogP contribution is 2.23. The highest BCUT2D eigenvalue weighted by molar-refractivity contribution is 7.10. The van der Waals surface area contributed by atoms with E-state index < -0.39 is 0 Å². The molecule has 2 amide bonds. The van der Waals surface area contributed by atoms with Gasteiger partial charge in [-0.05, 0) is 18.4 Å². The first-order chi connectivity index (χ1) is 9.58. The van der Waals surface area contributed by atoms with Crippen molar-refractivity contribution in [1.29, 1.82) is 0 Å². The van der Waals surface area contributed by atoms with Crippen LogP contribution in [0.15, 0.2) is 17.5 Å². The molecule has 1 aromatic rings. The molecular weight excluding hydrogens is 276 g/mol. The number of nitrogens with zero attached hydrogens (tertiary/aromatic N) is 1. The third kappa shape index (κ3) is 3.80. The van der Waals surface area contributed by atoms with Crippen molar-refractivity contribution in [2.24, 2.45) is 0 Å². The summed E-state index contributed by atoms with van der Waals surface area (Å²) in [6.07, 6.45) is 0.296. The van der Waals surface area contributed by atoms with Crippen LogP contribution in [0.2, 0.25) is 0 Å². The highest BCUT2D eigenvalue weighted by atomic mass is 32.1. The van der Waals surface area contributed by atoms with E-state index in [1.54, 1.807) is 11.3 Å². The SMILES string of the molecule is CC(=O)NC(CC(=O)N1CCOCC1C)c1cccs1. The molecular formula is C14H20N2O3S. The fraction of sp³-hybridized carbons (Fsp3) is 0.571. The number of hydrogen-bond acceptors (Lipinski definition) is 4. The maximum Gasteiger partial charge on any atom is 0.225 e. The first kappa shape index (κ1) is 15.0. The van der Waals surface area contributed by atoms with E-state index >= 15 is 0 Å². The molecule has 1 aliphatic rings. The Morgan fingerprint density at radius 1 is 1.60 bits per heavy atom. The molecule has 0 aromatic carbocycles. The largest absolute Gasteiger partial charge is 0.377 e. The Labute approximate surface area is 122 Å². The summed E-state index contributed by atoms with van der Waals surface area (Å²) in [6.45, 7) is 5.24. The number of ether oxygens (including phenoxy) is 1. The molecule has 6 heteroatoms. The van der Waals surface area contributed by atoms with E-state index in [4.69, 9.17) is 4.74 Å². The molecule has 1 fully saturated rings. The molecule has 2 rings (SSSR count). The minimum atomic E-state index is -0.241. The second kappa shape index (κ2) is 6.85. The molecule has 5 nitrogen and oxygen atoms in total. The van der Waals surface area contributed by atoms with Crippen molar-refractivity contribution < 1.29 is 14.3 Å². The second-order valence-electron chi connectivity index (χ2n) is 4.98. The quantitative estimate of drug-likeness (QED) is 0.917. The maximum atomic E-state index is 12.4. The van der Waals surface area contributed by atoms with Crippen LogP contribution in [0.3, 0.4) is 0 Å².